The third-order valence-electron chi connectivity index (χ3n) is 4.41. The normalized spacial score (nSPS) is 15.9. The summed E-state index contributed by atoms with van der Waals surface area (Å²) in [7, 11) is -2.37. The van der Waals surface area contributed by atoms with Crippen LogP contribution in [0, 0.1) is 0 Å². The first-order valence-electron chi connectivity index (χ1n) is 8.58. The average molecular weight is 382 g/mol. The molecule has 2 rings (SSSR count). The van der Waals surface area contributed by atoms with Crippen molar-refractivity contribution in [3.63, 3.8) is 0 Å². The number of rotatable bonds is 6. The Balaban J connectivity index is 2.00. The fraction of sp³-hybridized carbons (Fsp3) is 0.529. The molecule has 0 radical (unpaired) electrons. The van der Waals surface area contributed by atoms with Crippen molar-refractivity contribution in [2.75, 3.05) is 51.6 Å². The topological polar surface area (TPSA) is 90.0 Å². The number of anilines is 1. The summed E-state index contributed by atoms with van der Waals surface area (Å²) in [5, 5.41) is 2.58. The largest absolute Gasteiger partial charge is 0.339 e. The quantitative estimate of drug-likeness (QED) is 0.771. The number of amides is 2. The predicted molar refractivity (Wildman–Crippen MR) is 99.3 cm³/mol. The molecule has 0 aromatic heterocycles. The molecule has 0 bridgehead atoms. The molecule has 1 saturated heterocycles. The van der Waals surface area contributed by atoms with Crippen LogP contribution in [-0.2, 0) is 19.6 Å². The monoisotopic (exact) mass is 382 g/mol. The third-order valence-corrected chi connectivity index (χ3v) is 6.23. The molecule has 2 amide bonds. The number of sulfonamides is 1. The van der Waals surface area contributed by atoms with Crippen molar-refractivity contribution in [1.29, 1.82) is 0 Å². The molecule has 0 saturated carbocycles. The Kier molecular flexibility index (Phi) is 6.74. The van der Waals surface area contributed by atoms with Gasteiger partial charge in [0, 0.05) is 45.8 Å². The molecule has 8 nitrogen and oxygen atoms in total. The number of nitrogens with zero attached hydrogens (tertiary/aromatic N) is 3. The lowest BCUT2D eigenvalue weighted by molar-refractivity contribution is -0.132. The van der Waals surface area contributed by atoms with Gasteiger partial charge in [-0.05, 0) is 30.8 Å². The lowest BCUT2D eigenvalue weighted by Crippen LogP contribution is -2.51. The number of piperazine rings is 1. The molecule has 1 aromatic rings. The van der Waals surface area contributed by atoms with Crippen LogP contribution in [0.2, 0.25) is 0 Å². The number of nitrogens with one attached hydrogen (secondary N) is 1. The lowest BCUT2D eigenvalue weighted by Gasteiger charge is -2.34. The second kappa shape index (κ2) is 8.61. The molecule has 1 aliphatic rings. The van der Waals surface area contributed by atoms with Crippen LogP contribution in [-0.4, -0.2) is 80.7 Å². The standard InChI is InChI=1S/C17H26N4O4S/c1-4-20-9-11-21(12-10-20)17(23)13-19(3)26(24,25)16-7-5-15(6-8-16)18-14(2)22/h5-8H,4,9-13H2,1-3H3,(H,18,22). The van der Waals surface area contributed by atoms with E-state index in [1.54, 1.807) is 4.90 Å². The Bertz CT molecular complexity index is 741. The summed E-state index contributed by atoms with van der Waals surface area (Å²) in [5.74, 6) is -0.423. The SMILES string of the molecule is CCN1CCN(C(=O)CN(C)S(=O)(=O)c2ccc(NC(C)=O)cc2)CC1. The molecule has 0 spiro atoms. The maximum Gasteiger partial charge on any atom is 0.243 e. The number of carbonyl (C=O) groups is 2. The summed E-state index contributed by atoms with van der Waals surface area (Å²) in [6, 6.07) is 5.88. The van der Waals surface area contributed by atoms with Crippen LogP contribution in [0.5, 0.6) is 0 Å². The first kappa shape index (κ1) is 20.3. The summed E-state index contributed by atoms with van der Waals surface area (Å²) >= 11 is 0. The zero-order valence-corrected chi connectivity index (χ0v) is 16.3. The molecule has 9 heteroatoms. The van der Waals surface area contributed by atoms with Crippen molar-refractivity contribution in [3.05, 3.63) is 24.3 Å². The highest BCUT2D eigenvalue weighted by atomic mass is 32.2. The smallest absolute Gasteiger partial charge is 0.243 e. The van der Waals surface area contributed by atoms with Gasteiger partial charge in [-0.2, -0.15) is 4.31 Å². The Labute approximate surface area is 154 Å². The second-order valence-corrected chi connectivity index (χ2v) is 8.33. The van der Waals surface area contributed by atoms with Gasteiger partial charge in [-0.1, -0.05) is 6.92 Å². The molecule has 144 valence electrons. The Hall–Kier alpha value is -1.97. The summed E-state index contributed by atoms with van der Waals surface area (Å²) < 4.78 is 26.3. The highest BCUT2D eigenvalue weighted by Gasteiger charge is 2.26. The van der Waals surface area contributed by atoms with Crippen molar-refractivity contribution in [2.45, 2.75) is 18.7 Å². The molecule has 1 aliphatic heterocycles. The summed E-state index contributed by atoms with van der Waals surface area (Å²) in [4.78, 5) is 27.5. The Morgan fingerprint density at radius 2 is 1.69 bits per heavy atom. The van der Waals surface area contributed by atoms with Crippen LogP contribution in [0.3, 0.4) is 0 Å². The third kappa shape index (κ3) is 5.03. The maximum atomic E-state index is 12.6. The van der Waals surface area contributed by atoms with Gasteiger partial charge in [0.25, 0.3) is 0 Å². The van der Waals surface area contributed by atoms with Gasteiger partial charge in [0.2, 0.25) is 21.8 Å². The van der Waals surface area contributed by atoms with Gasteiger partial charge in [0.05, 0.1) is 11.4 Å². The first-order valence-corrected chi connectivity index (χ1v) is 10.0. The molecule has 1 heterocycles. The van der Waals surface area contributed by atoms with E-state index in [2.05, 4.69) is 17.1 Å². The van der Waals surface area contributed by atoms with E-state index in [9.17, 15) is 18.0 Å². The zero-order chi connectivity index (χ0) is 19.3. The molecule has 1 fully saturated rings. The minimum absolute atomic E-state index is 0.0812. The van der Waals surface area contributed by atoms with Crippen LogP contribution >= 0.6 is 0 Å². The highest BCUT2D eigenvalue weighted by molar-refractivity contribution is 7.89. The van der Waals surface area contributed by atoms with Crippen molar-refractivity contribution >= 4 is 27.5 Å². The molecular weight excluding hydrogens is 356 g/mol. The maximum absolute atomic E-state index is 12.6. The van der Waals surface area contributed by atoms with Crippen molar-refractivity contribution in [3.8, 4) is 0 Å². The van der Waals surface area contributed by atoms with Gasteiger partial charge >= 0.3 is 0 Å². The van der Waals surface area contributed by atoms with E-state index in [1.807, 2.05) is 0 Å². The van der Waals surface area contributed by atoms with Crippen molar-refractivity contribution in [2.24, 2.45) is 0 Å². The molecular formula is C17H26N4O4S. The van der Waals surface area contributed by atoms with E-state index in [0.717, 1.165) is 23.9 Å². The number of hydrogen-bond acceptors (Lipinski definition) is 5. The molecule has 0 unspecified atom stereocenters. The minimum Gasteiger partial charge on any atom is -0.339 e. The van der Waals surface area contributed by atoms with Crippen molar-refractivity contribution in [1.82, 2.24) is 14.1 Å². The minimum atomic E-state index is -3.77. The van der Waals surface area contributed by atoms with Gasteiger partial charge in [-0.3, -0.25) is 9.59 Å². The summed E-state index contributed by atoms with van der Waals surface area (Å²) in [6.07, 6.45) is 0. The number of likely N-dealkylation sites (N-methyl/N-ethyl adjacent to an activating group) is 2. The van der Waals surface area contributed by atoms with E-state index in [1.165, 1.54) is 38.2 Å². The highest BCUT2D eigenvalue weighted by Crippen LogP contribution is 2.18. The summed E-state index contributed by atoms with van der Waals surface area (Å²) in [5.41, 5.74) is 0.518. The van der Waals surface area contributed by atoms with Gasteiger partial charge in [0.1, 0.15) is 0 Å². The van der Waals surface area contributed by atoms with E-state index in [4.69, 9.17) is 0 Å². The molecule has 0 atom stereocenters. The zero-order valence-electron chi connectivity index (χ0n) is 15.4. The van der Waals surface area contributed by atoms with Gasteiger partial charge in [0.15, 0.2) is 0 Å². The van der Waals surface area contributed by atoms with Crippen molar-refractivity contribution < 1.29 is 18.0 Å². The fourth-order valence-electron chi connectivity index (χ4n) is 2.78. The van der Waals surface area contributed by atoms with Crippen LogP contribution in [0.1, 0.15) is 13.8 Å². The fourth-order valence-corrected chi connectivity index (χ4v) is 3.90. The Morgan fingerprint density at radius 1 is 1.12 bits per heavy atom. The number of carbonyl (C=O) groups excluding carboxylic acids is 2. The van der Waals surface area contributed by atoms with E-state index in [-0.39, 0.29) is 23.3 Å². The van der Waals surface area contributed by atoms with Gasteiger partial charge < -0.3 is 15.1 Å². The number of hydrogen-bond donors (Lipinski definition) is 1. The Morgan fingerprint density at radius 3 is 2.19 bits per heavy atom. The van der Waals surface area contributed by atoms with Crippen LogP contribution in [0.25, 0.3) is 0 Å². The van der Waals surface area contributed by atoms with Gasteiger partial charge in [-0.25, -0.2) is 8.42 Å². The van der Waals surface area contributed by atoms with Gasteiger partial charge in [-0.15, -0.1) is 0 Å². The number of benzene rings is 1. The summed E-state index contributed by atoms with van der Waals surface area (Å²) in [6.45, 7) is 7.07. The van der Waals surface area contributed by atoms with Crippen LogP contribution in [0.4, 0.5) is 5.69 Å². The predicted octanol–water partition coefficient (Wildman–Crippen LogP) is 0.430. The van der Waals surface area contributed by atoms with E-state index >= 15 is 0 Å². The molecule has 1 aromatic carbocycles. The van der Waals surface area contributed by atoms with Crippen LogP contribution in [0.15, 0.2) is 29.2 Å². The van der Waals surface area contributed by atoms with Crippen LogP contribution < -0.4 is 5.32 Å². The van der Waals surface area contributed by atoms with E-state index in [0.29, 0.717) is 18.8 Å². The average Bonchev–Trinajstić information content (AvgIpc) is 2.61. The lowest BCUT2D eigenvalue weighted by atomic mass is 10.3. The molecule has 26 heavy (non-hydrogen) atoms. The first-order chi connectivity index (χ1) is 12.2. The molecule has 1 N–H and O–H groups in total. The molecule has 0 aliphatic carbocycles. The van der Waals surface area contributed by atoms with E-state index < -0.39 is 10.0 Å². The second-order valence-electron chi connectivity index (χ2n) is 6.28.